The van der Waals surface area contributed by atoms with Crippen LogP contribution in [0.25, 0.3) is 0 Å². The highest BCUT2D eigenvalue weighted by molar-refractivity contribution is 5.45. The minimum absolute atomic E-state index is 0.00496. The number of aryl methyl sites for hydroxylation is 1. The zero-order valence-electron chi connectivity index (χ0n) is 12.9. The molecule has 0 aliphatic carbocycles. The molecule has 1 saturated heterocycles. The van der Waals surface area contributed by atoms with Crippen molar-refractivity contribution in [3.05, 3.63) is 53.1 Å². The lowest BCUT2D eigenvalue weighted by atomic mass is 10.1. The Balaban J connectivity index is 1.75. The van der Waals surface area contributed by atoms with Gasteiger partial charge < -0.3 is 14.8 Å². The number of rotatable bonds is 4. The van der Waals surface area contributed by atoms with E-state index in [0.29, 0.717) is 18.4 Å². The predicted molar refractivity (Wildman–Crippen MR) is 89.5 cm³/mol. The highest BCUT2D eigenvalue weighted by Crippen LogP contribution is 2.18. The molecule has 1 aromatic heterocycles. The number of anilines is 2. The van der Waals surface area contributed by atoms with Gasteiger partial charge in [-0.15, -0.1) is 0 Å². The molecule has 116 valence electrons. The van der Waals surface area contributed by atoms with Gasteiger partial charge in [0.15, 0.2) is 5.82 Å². The SMILES string of the molecule is CCn1ccnc(N2CCCC(Nc3ccccc3)C2)c1=O. The average molecular weight is 298 g/mol. The zero-order valence-corrected chi connectivity index (χ0v) is 12.9. The van der Waals surface area contributed by atoms with Crippen molar-refractivity contribution in [3.63, 3.8) is 0 Å². The molecule has 1 aliphatic rings. The van der Waals surface area contributed by atoms with Gasteiger partial charge in [0.2, 0.25) is 0 Å². The monoisotopic (exact) mass is 298 g/mol. The van der Waals surface area contributed by atoms with Crippen LogP contribution in [0.3, 0.4) is 0 Å². The maximum atomic E-state index is 12.4. The Labute approximate surface area is 130 Å². The molecule has 0 bridgehead atoms. The predicted octanol–water partition coefficient (Wildman–Crippen LogP) is 2.34. The van der Waals surface area contributed by atoms with Crippen molar-refractivity contribution in [1.82, 2.24) is 9.55 Å². The lowest BCUT2D eigenvalue weighted by Gasteiger charge is -2.34. The number of nitrogens with one attached hydrogen (secondary N) is 1. The Morgan fingerprint density at radius 1 is 1.32 bits per heavy atom. The smallest absolute Gasteiger partial charge is 0.293 e. The molecule has 5 nitrogen and oxygen atoms in total. The van der Waals surface area contributed by atoms with Gasteiger partial charge in [-0.1, -0.05) is 18.2 Å². The van der Waals surface area contributed by atoms with E-state index in [2.05, 4.69) is 27.3 Å². The summed E-state index contributed by atoms with van der Waals surface area (Å²) in [7, 11) is 0. The molecule has 5 heteroatoms. The number of hydrogen-bond donors (Lipinski definition) is 1. The first-order valence-electron chi connectivity index (χ1n) is 7.90. The maximum Gasteiger partial charge on any atom is 0.293 e. The molecule has 1 aromatic carbocycles. The summed E-state index contributed by atoms with van der Waals surface area (Å²) in [4.78, 5) is 18.8. The van der Waals surface area contributed by atoms with E-state index in [1.165, 1.54) is 0 Å². The molecular formula is C17H22N4O. The molecule has 1 N–H and O–H groups in total. The summed E-state index contributed by atoms with van der Waals surface area (Å²) < 4.78 is 1.70. The molecule has 2 heterocycles. The van der Waals surface area contributed by atoms with Gasteiger partial charge in [0.1, 0.15) is 0 Å². The molecule has 2 aromatic rings. The third kappa shape index (κ3) is 3.13. The van der Waals surface area contributed by atoms with Crippen LogP contribution in [0.1, 0.15) is 19.8 Å². The molecule has 0 radical (unpaired) electrons. The number of para-hydroxylation sites is 1. The topological polar surface area (TPSA) is 50.2 Å². The molecule has 1 fully saturated rings. The molecular weight excluding hydrogens is 276 g/mol. The van der Waals surface area contributed by atoms with Gasteiger partial charge in [-0.2, -0.15) is 0 Å². The second-order valence-electron chi connectivity index (χ2n) is 5.64. The molecule has 1 aliphatic heterocycles. The van der Waals surface area contributed by atoms with Crippen molar-refractivity contribution in [1.29, 1.82) is 0 Å². The van der Waals surface area contributed by atoms with Crippen LogP contribution in [0.2, 0.25) is 0 Å². The van der Waals surface area contributed by atoms with Gasteiger partial charge in [0, 0.05) is 43.8 Å². The van der Waals surface area contributed by atoms with Crippen LogP contribution in [0.4, 0.5) is 11.5 Å². The fraction of sp³-hybridized carbons (Fsp3) is 0.412. The van der Waals surface area contributed by atoms with E-state index in [4.69, 9.17) is 0 Å². The minimum atomic E-state index is 0.00496. The van der Waals surface area contributed by atoms with Crippen LogP contribution in [-0.4, -0.2) is 28.7 Å². The van der Waals surface area contributed by atoms with E-state index >= 15 is 0 Å². The van der Waals surface area contributed by atoms with Crippen LogP contribution in [-0.2, 0) is 6.54 Å². The van der Waals surface area contributed by atoms with Crippen molar-refractivity contribution in [2.45, 2.75) is 32.4 Å². The summed E-state index contributed by atoms with van der Waals surface area (Å²) in [5, 5.41) is 3.55. The van der Waals surface area contributed by atoms with E-state index in [9.17, 15) is 4.79 Å². The Bertz CT molecular complexity index is 668. The fourth-order valence-electron chi connectivity index (χ4n) is 2.96. The van der Waals surface area contributed by atoms with Gasteiger partial charge in [-0.25, -0.2) is 4.98 Å². The highest BCUT2D eigenvalue weighted by atomic mass is 16.1. The van der Waals surface area contributed by atoms with E-state index in [1.807, 2.05) is 25.1 Å². The average Bonchev–Trinajstić information content (AvgIpc) is 2.56. The van der Waals surface area contributed by atoms with Gasteiger partial charge in [0.25, 0.3) is 5.56 Å². The summed E-state index contributed by atoms with van der Waals surface area (Å²) >= 11 is 0. The zero-order chi connectivity index (χ0) is 15.4. The summed E-state index contributed by atoms with van der Waals surface area (Å²) in [6, 6.07) is 10.6. The summed E-state index contributed by atoms with van der Waals surface area (Å²) in [5.41, 5.74) is 1.13. The van der Waals surface area contributed by atoms with Crippen LogP contribution in [0, 0.1) is 0 Å². The molecule has 1 atom stereocenters. The van der Waals surface area contributed by atoms with Crippen LogP contribution < -0.4 is 15.8 Å². The second kappa shape index (κ2) is 6.64. The molecule has 0 amide bonds. The molecule has 3 rings (SSSR count). The largest absolute Gasteiger partial charge is 0.381 e. The lowest BCUT2D eigenvalue weighted by molar-refractivity contribution is 0.522. The molecule has 0 saturated carbocycles. The minimum Gasteiger partial charge on any atom is -0.381 e. The number of benzene rings is 1. The first kappa shape index (κ1) is 14.6. The number of hydrogen-bond acceptors (Lipinski definition) is 4. The Morgan fingerprint density at radius 3 is 2.91 bits per heavy atom. The third-order valence-corrected chi connectivity index (χ3v) is 4.10. The van der Waals surface area contributed by atoms with E-state index < -0.39 is 0 Å². The Kier molecular flexibility index (Phi) is 4.42. The van der Waals surface area contributed by atoms with E-state index in [0.717, 1.165) is 31.6 Å². The quantitative estimate of drug-likeness (QED) is 0.941. The van der Waals surface area contributed by atoms with Gasteiger partial charge >= 0.3 is 0 Å². The van der Waals surface area contributed by atoms with Crippen molar-refractivity contribution < 1.29 is 0 Å². The standard InChI is InChI=1S/C17H22N4O/c1-2-20-12-10-18-16(17(20)22)21-11-6-9-15(13-21)19-14-7-4-3-5-8-14/h3-5,7-8,10,12,15,19H,2,6,9,11,13H2,1H3. The lowest BCUT2D eigenvalue weighted by Crippen LogP contribution is -2.45. The highest BCUT2D eigenvalue weighted by Gasteiger charge is 2.23. The fourth-order valence-corrected chi connectivity index (χ4v) is 2.96. The van der Waals surface area contributed by atoms with Gasteiger partial charge in [0.05, 0.1) is 0 Å². The van der Waals surface area contributed by atoms with Crippen molar-refractivity contribution in [2.75, 3.05) is 23.3 Å². The third-order valence-electron chi connectivity index (χ3n) is 4.10. The van der Waals surface area contributed by atoms with Gasteiger partial charge in [-0.3, -0.25) is 4.79 Å². The molecule has 22 heavy (non-hydrogen) atoms. The van der Waals surface area contributed by atoms with Crippen LogP contribution >= 0.6 is 0 Å². The van der Waals surface area contributed by atoms with Crippen LogP contribution in [0.5, 0.6) is 0 Å². The van der Waals surface area contributed by atoms with Gasteiger partial charge in [-0.05, 0) is 31.9 Å². The first-order chi connectivity index (χ1) is 10.8. The van der Waals surface area contributed by atoms with Crippen molar-refractivity contribution in [3.8, 4) is 0 Å². The van der Waals surface area contributed by atoms with Crippen molar-refractivity contribution in [2.24, 2.45) is 0 Å². The Hall–Kier alpha value is -2.30. The Morgan fingerprint density at radius 2 is 2.14 bits per heavy atom. The molecule has 1 unspecified atom stereocenters. The van der Waals surface area contributed by atoms with Crippen molar-refractivity contribution >= 4 is 11.5 Å². The summed E-state index contributed by atoms with van der Waals surface area (Å²) in [5.74, 6) is 0.573. The molecule has 0 spiro atoms. The van der Waals surface area contributed by atoms with E-state index in [1.54, 1.807) is 17.0 Å². The first-order valence-corrected chi connectivity index (χ1v) is 7.90. The number of piperidine rings is 1. The normalized spacial score (nSPS) is 18.2. The number of aromatic nitrogens is 2. The maximum absolute atomic E-state index is 12.4. The summed E-state index contributed by atoms with van der Waals surface area (Å²) in [6.45, 7) is 4.35. The van der Waals surface area contributed by atoms with E-state index in [-0.39, 0.29) is 5.56 Å². The number of nitrogens with zero attached hydrogens (tertiary/aromatic N) is 3. The van der Waals surface area contributed by atoms with Crippen LogP contribution in [0.15, 0.2) is 47.5 Å². The second-order valence-corrected chi connectivity index (χ2v) is 5.64. The summed E-state index contributed by atoms with van der Waals surface area (Å²) in [6.07, 6.45) is 5.64.